The van der Waals surface area contributed by atoms with E-state index in [2.05, 4.69) is 22.3 Å². The molecule has 4 atom stereocenters. The van der Waals surface area contributed by atoms with E-state index in [1.165, 1.54) is 6.42 Å². The Bertz CT molecular complexity index is 639. The molecule has 4 rings (SSSR count). The molecular weight excluding hydrogens is 296 g/mol. The van der Waals surface area contributed by atoms with Crippen LogP contribution in [-0.2, 0) is 10.0 Å². The molecule has 0 radical (unpaired) electrons. The maximum atomic E-state index is 12.4. The summed E-state index contributed by atoms with van der Waals surface area (Å²) in [6.07, 6.45) is 4.33. The second-order valence-corrected chi connectivity index (χ2v) is 8.26. The van der Waals surface area contributed by atoms with Crippen LogP contribution in [0.15, 0.2) is 41.8 Å². The smallest absolute Gasteiger partial charge is 0.240 e. The van der Waals surface area contributed by atoms with Crippen LogP contribution in [0.3, 0.4) is 0 Å². The molecule has 22 heavy (non-hydrogen) atoms. The van der Waals surface area contributed by atoms with Gasteiger partial charge in [-0.15, -0.1) is 6.58 Å². The molecule has 3 saturated heterocycles. The molecule has 0 spiro atoms. The van der Waals surface area contributed by atoms with Gasteiger partial charge in [0.1, 0.15) is 0 Å². The SMILES string of the molecule is C=C[C@H]1CN2CC[C@@H]1C[C@@H]2CNS(=O)(=O)c1ccc(C)cc1. The number of fused-ring (bicyclic) bond motifs is 3. The molecule has 2 bridgehead atoms. The van der Waals surface area contributed by atoms with E-state index in [1.807, 2.05) is 19.1 Å². The average Bonchev–Trinajstić information content (AvgIpc) is 2.54. The molecule has 120 valence electrons. The molecule has 5 heteroatoms. The van der Waals surface area contributed by atoms with Crippen molar-refractivity contribution in [2.24, 2.45) is 11.8 Å². The first kappa shape index (κ1) is 15.7. The molecule has 0 aromatic heterocycles. The maximum absolute atomic E-state index is 12.4. The van der Waals surface area contributed by atoms with E-state index in [1.54, 1.807) is 12.1 Å². The highest BCUT2D eigenvalue weighted by molar-refractivity contribution is 7.89. The van der Waals surface area contributed by atoms with E-state index >= 15 is 0 Å². The van der Waals surface area contributed by atoms with Crippen LogP contribution in [-0.4, -0.2) is 39.0 Å². The zero-order valence-corrected chi connectivity index (χ0v) is 13.8. The van der Waals surface area contributed by atoms with Gasteiger partial charge in [0.05, 0.1) is 4.90 Å². The number of aryl methyl sites for hydroxylation is 1. The summed E-state index contributed by atoms with van der Waals surface area (Å²) in [5.41, 5.74) is 1.06. The molecule has 3 fully saturated rings. The Kier molecular flexibility index (Phi) is 4.39. The monoisotopic (exact) mass is 320 g/mol. The van der Waals surface area contributed by atoms with Crippen LogP contribution in [0.4, 0.5) is 0 Å². The molecular formula is C17H24N2O2S. The van der Waals surface area contributed by atoms with Crippen molar-refractivity contribution in [2.45, 2.75) is 30.7 Å². The van der Waals surface area contributed by atoms with Crippen molar-refractivity contribution in [1.82, 2.24) is 9.62 Å². The van der Waals surface area contributed by atoms with Gasteiger partial charge in [0.15, 0.2) is 0 Å². The number of benzene rings is 1. The first-order valence-corrected chi connectivity index (χ1v) is 9.41. The van der Waals surface area contributed by atoms with Crippen molar-refractivity contribution in [1.29, 1.82) is 0 Å². The Labute approximate surface area is 133 Å². The molecule has 1 N–H and O–H groups in total. The molecule has 0 amide bonds. The van der Waals surface area contributed by atoms with Crippen molar-refractivity contribution in [2.75, 3.05) is 19.6 Å². The third-order valence-electron chi connectivity index (χ3n) is 5.07. The predicted octanol–water partition coefficient (Wildman–Crippen LogP) is 2.17. The summed E-state index contributed by atoms with van der Waals surface area (Å²) >= 11 is 0. The lowest BCUT2D eigenvalue weighted by Crippen LogP contribution is -2.56. The summed E-state index contributed by atoms with van der Waals surface area (Å²) in [6, 6.07) is 7.30. The Balaban J connectivity index is 1.63. The Hall–Kier alpha value is -1.17. The summed E-state index contributed by atoms with van der Waals surface area (Å²) in [5, 5.41) is 0. The molecule has 1 aromatic rings. The second-order valence-electron chi connectivity index (χ2n) is 6.50. The van der Waals surface area contributed by atoms with Crippen LogP contribution in [0.25, 0.3) is 0 Å². The van der Waals surface area contributed by atoms with Crippen molar-refractivity contribution in [3.8, 4) is 0 Å². The summed E-state index contributed by atoms with van der Waals surface area (Å²) in [4.78, 5) is 2.75. The quantitative estimate of drug-likeness (QED) is 0.846. The van der Waals surface area contributed by atoms with Gasteiger partial charge in [0.25, 0.3) is 0 Å². The molecule has 1 unspecified atom stereocenters. The minimum atomic E-state index is -3.41. The Morgan fingerprint density at radius 1 is 1.36 bits per heavy atom. The lowest BCUT2D eigenvalue weighted by molar-refractivity contribution is 0.0218. The molecule has 0 aliphatic carbocycles. The van der Waals surface area contributed by atoms with E-state index in [4.69, 9.17) is 0 Å². The largest absolute Gasteiger partial charge is 0.298 e. The summed E-state index contributed by atoms with van der Waals surface area (Å²) in [6.45, 7) is 8.46. The molecule has 3 aliphatic heterocycles. The van der Waals surface area contributed by atoms with E-state index in [0.717, 1.165) is 25.1 Å². The number of hydrogen-bond donors (Lipinski definition) is 1. The Morgan fingerprint density at radius 2 is 2.09 bits per heavy atom. The van der Waals surface area contributed by atoms with Gasteiger partial charge in [0, 0.05) is 19.1 Å². The number of nitrogens with one attached hydrogen (secondary N) is 1. The van der Waals surface area contributed by atoms with E-state index in [0.29, 0.717) is 29.3 Å². The van der Waals surface area contributed by atoms with Crippen LogP contribution in [0.5, 0.6) is 0 Å². The van der Waals surface area contributed by atoms with Gasteiger partial charge in [-0.3, -0.25) is 4.90 Å². The van der Waals surface area contributed by atoms with Gasteiger partial charge in [0.2, 0.25) is 10.0 Å². The first-order chi connectivity index (χ1) is 10.5. The number of rotatable bonds is 5. The van der Waals surface area contributed by atoms with Crippen molar-refractivity contribution in [3.05, 3.63) is 42.5 Å². The zero-order chi connectivity index (χ0) is 15.7. The van der Waals surface area contributed by atoms with E-state index < -0.39 is 10.0 Å². The van der Waals surface area contributed by atoms with Crippen LogP contribution >= 0.6 is 0 Å². The highest BCUT2D eigenvalue weighted by Gasteiger charge is 2.38. The van der Waals surface area contributed by atoms with Crippen LogP contribution in [0.1, 0.15) is 18.4 Å². The lowest BCUT2D eigenvalue weighted by atomic mass is 9.76. The minimum Gasteiger partial charge on any atom is -0.298 e. The van der Waals surface area contributed by atoms with Gasteiger partial charge in [-0.05, 0) is 50.3 Å². The summed E-state index contributed by atoms with van der Waals surface area (Å²) < 4.78 is 27.5. The minimum absolute atomic E-state index is 0.315. The molecule has 0 saturated carbocycles. The maximum Gasteiger partial charge on any atom is 0.240 e. The van der Waals surface area contributed by atoms with Gasteiger partial charge in [-0.1, -0.05) is 23.8 Å². The van der Waals surface area contributed by atoms with Crippen molar-refractivity contribution < 1.29 is 8.42 Å². The Morgan fingerprint density at radius 3 is 2.68 bits per heavy atom. The summed E-state index contributed by atoms with van der Waals surface area (Å²) in [7, 11) is -3.41. The van der Waals surface area contributed by atoms with Crippen molar-refractivity contribution >= 4 is 10.0 Å². The van der Waals surface area contributed by atoms with Gasteiger partial charge >= 0.3 is 0 Å². The van der Waals surface area contributed by atoms with Crippen LogP contribution < -0.4 is 4.72 Å². The molecule has 3 heterocycles. The summed E-state index contributed by atoms with van der Waals surface area (Å²) in [5.74, 6) is 1.23. The van der Waals surface area contributed by atoms with Crippen LogP contribution in [0.2, 0.25) is 0 Å². The first-order valence-electron chi connectivity index (χ1n) is 7.92. The van der Waals surface area contributed by atoms with Crippen molar-refractivity contribution in [3.63, 3.8) is 0 Å². The third kappa shape index (κ3) is 3.12. The number of hydrogen-bond acceptors (Lipinski definition) is 3. The number of piperidine rings is 3. The second kappa shape index (κ2) is 6.14. The fourth-order valence-corrected chi connectivity index (χ4v) is 4.74. The average molecular weight is 320 g/mol. The molecule has 4 nitrogen and oxygen atoms in total. The van der Waals surface area contributed by atoms with Gasteiger partial charge in [-0.25, -0.2) is 13.1 Å². The van der Waals surface area contributed by atoms with Gasteiger partial charge in [-0.2, -0.15) is 0 Å². The fraction of sp³-hybridized carbons (Fsp3) is 0.529. The zero-order valence-electron chi connectivity index (χ0n) is 13.0. The fourth-order valence-electron chi connectivity index (χ4n) is 3.67. The third-order valence-corrected chi connectivity index (χ3v) is 6.51. The number of sulfonamides is 1. The van der Waals surface area contributed by atoms with Gasteiger partial charge < -0.3 is 0 Å². The molecule has 3 aliphatic rings. The normalized spacial score (nSPS) is 31.1. The highest BCUT2D eigenvalue weighted by atomic mass is 32.2. The standard InChI is InChI=1S/C17H24N2O2S/c1-3-14-12-19-9-8-15(14)10-16(19)11-18-22(20,21)17-6-4-13(2)5-7-17/h3-7,14-16,18H,1,8-12H2,2H3/t14-,15+,16+/m0/s1. The predicted molar refractivity (Wildman–Crippen MR) is 88.1 cm³/mol. The van der Waals surface area contributed by atoms with Crippen LogP contribution in [0, 0.1) is 18.8 Å². The number of nitrogens with zero attached hydrogens (tertiary/aromatic N) is 1. The highest BCUT2D eigenvalue weighted by Crippen LogP contribution is 2.36. The lowest BCUT2D eigenvalue weighted by Gasteiger charge is -2.49. The topological polar surface area (TPSA) is 49.4 Å². The van der Waals surface area contributed by atoms with E-state index in [-0.39, 0.29) is 0 Å². The van der Waals surface area contributed by atoms with E-state index in [9.17, 15) is 8.42 Å². The molecule has 1 aromatic carbocycles.